The molecule has 0 aliphatic carbocycles. The van der Waals surface area contributed by atoms with Gasteiger partial charge in [0.15, 0.2) is 0 Å². The van der Waals surface area contributed by atoms with E-state index in [1.54, 1.807) is 0 Å². The van der Waals surface area contributed by atoms with Gasteiger partial charge in [-0.1, -0.05) is 113 Å². The van der Waals surface area contributed by atoms with E-state index in [9.17, 15) is 9.59 Å². The second-order valence-corrected chi connectivity index (χ2v) is 10.5. The Kier molecular flexibility index (Phi) is 10.7. The van der Waals surface area contributed by atoms with Crippen molar-refractivity contribution in [1.82, 2.24) is 0 Å². The number of thioether (sulfide) groups is 2. The first-order valence-corrected chi connectivity index (χ1v) is 12.8. The van der Waals surface area contributed by atoms with Crippen LogP contribution in [0.1, 0.15) is 85.2 Å². The summed E-state index contributed by atoms with van der Waals surface area (Å²) >= 11 is 2.79. The highest BCUT2D eigenvalue weighted by Gasteiger charge is 2.20. The molecule has 4 heteroatoms. The van der Waals surface area contributed by atoms with Gasteiger partial charge in [0.1, 0.15) is 0 Å². The van der Waals surface area contributed by atoms with Gasteiger partial charge in [-0.15, -0.1) is 0 Å². The minimum atomic E-state index is 0.114. The molecule has 0 N–H and O–H groups in total. The van der Waals surface area contributed by atoms with Crippen LogP contribution < -0.4 is 0 Å². The van der Waals surface area contributed by atoms with Gasteiger partial charge in [0, 0.05) is 21.6 Å². The van der Waals surface area contributed by atoms with Crippen LogP contribution in [0.2, 0.25) is 0 Å². The lowest BCUT2D eigenvalue weighted by Crippen LogP contribution is -2.14. The summed E-state index contributed by atoms with van der Waals surface area (Å²) in [7, 11) is 0. The van der Waals surface area contributed by atoms with Gasteiger partial charge in [0.2, 0.25) is 10.2 Å². The molecule has 0 fully saturated rings. The Hall–Kier alpha value is -1.52. The summed E-state index contributed by atoms with van der Waals surface area (Å²) in [5, 5.41) is 0.628. The molecule has 2 nitrogen and oxygen atoms in total. The van der Waals surface area contributed by atoms with Crippen LogP contribution in [0.5, 0.6) is 0 Å². The minimum absolute atomic E-state index is 0.114. The maximum atomic E-state index is 12.7. The third kappa shape index (κ3) is 7.96. The third-order valence-electron chi connectivity index (χ3n) is 5.09. The summed E-state index contributed by atoms with van der Waals surface area (Å²) in [6.45, 7) is 8.51. The summed E-state index contributed by atoms with van der Waals surface area (Å²) in [6.07, 6.45) is 6.06. The zero-order valence-electron chi connectivity index (χ0n) is 18.6. The normalized spacial score (nSPS) is 13.1. The molecule has 2 rings (SSSR count). The monoisotopic (exact) mass is 442 g/mol. The van der Waals surface area contributed by atoms with Crippen LogP contribution in [0.4, 0.5) is 0 Å². The summed E-state index contributed by atoms with van der Waals surface area (Å²) in [5.74, 6) is 0. The van der Waals surface area contributed by atoms with E-state index in [0.29, 0.717) is 0 Å². The molecule has 0 spiro atoms. The molecule has 0 aliphatic rings. The van der Waals surface area contributed by atoms with Crippen molar-refractivity contribution < 1.29 is 9.59 Å². The van der Waals surface area contributed by atoms with Crippen LogP contribution in [0.15, 0.2) is 48.5 Å². The highest BCUT2D eigenvalue weighted by molar-refractivity contribution is 8.15. The average molecular weight is 443 g/mol. The maximum absolute atomic E-state index is 12.7. The van der Waals surface area contributed by atoms with Gasteiger partial charge in [-0.3, -0.25) is 9.59 Å². The van der Waals surface area contributed by atoms with Gasteiger partial charge in [-0.2, -0.15) is 0 Å². The lowest BCUT2D eigenvalue weighted by Gasteiger charge is -2.18. The fourth-order valence-electron chi connectivity index (χ4n) is 3.38. The first kappa shape index (κ1) is 24.7. The van der Waals surface area contributed by atoms with E-state index in [1.807, 2.05) is 24.3 Å². The van der Waals surface area contributed by atoms with Crippen LogP contribution in [0, 0.1) is 0 Å². The van der Waals surface area contributed by atoms with E-state index in [1.165, 1.54) is 34.7 Å². The van der Waals surface area contributed by atoms with E-state index in [2.05, 4.69) is 52.0 Å². The molecule has 2 unspecified atom stereocenters. The van der Waals surface area contributed by atoms with Crippen molar-refractivity contribution in [3.63, 3.8) is 0 Å². The predicted octanol–water partition coefficient (Wildman–Crippen LogP) is 7.60. The van der Waals surface area contributed by atoms with Crippen molar-refractivity contribution in [2.75, 3.05) is 0 Å². The Balaban J connectivity index is 1.87. The van der Waals surface area contributed by atoms with Crippen LogP contribution in [-0.4, -0.2) is 20.7 Å². The van der Waals surface area contributed by atoms with E-state index >= 15 is 0 Å². The minimum Gasteiger partial charge on any atom is -0.282 e. The molecular formula is C26H34O2S2. The molecule has 0 saturated carbocycles. The van der Waals surface area contributed by atoms with E-state index in [0.717, 1.165) is 49.7 Å². The quantitative estimate of drug-likeness (QED) is 0.359. The SMILES string of the molecule is CCCc1ccc(C(=O)SC(C)CC(CC)SC(=O)c2ccc(CCC)cc2)cc1. The molecule has 0 heterocycles. The lowest BCUT2D eigenvalue weighted by molar-refractivity contribution is 0.108. The van der Waals surface area contributed by atoms with E-state index < -0.39 is 0 Å². The summed E-state index contributed by atoms with van der Waals surface area (Å²) in [6, 6.07) is 16.0. The number of hydrogen-bond acceptors (Lipinski definition) is 4. The number of benzene rings is 2. The van der Waals surface area contributed by atoms with Gasteiger partial charge in [0.25, 0.3) is 0 Å². The second kappa shape index (κ2) is 13.0. The molecule has 30 heavy (non-hydrogen) atoms. The number of carbonyl (C=O) groups excluding carboxylic acids is 2. The first-order valence-electron chi connectivity index (χ1n) is 11.1. The summed E-state index contributed by atoms with van der Waals surface area (Å²) < 4.78 is 0. The molecule has 0 radical (unpaired) electrons. The Morgan fingerprint density at radius 1 is 0.733 bits per heavy atom. The molecule has 0 aromatic heterocycles. The maximum Gasteiger partial charge on any atom is 0.219 e. The Morgan fingerprint density at radius 3 is 1.57 bits per heavy atom. The van der Waals surface area contributed by atoms with Gasteiger partial charge in [-0.05, 0) is 36.8 Å². The van der Waals surface area contributed by atoms with Gasteiger partial charge >= 0.3 is 0 Å². The number of hydrogen-bond donors (Lipinski definition) is 0. The predicted molar refractivity (Wildman–Crippen MR) is 133 cm³/mol. The van der Waals surface area contributed by atoms with E-state index in [-0.39, 0.29) is 20.7 Å². The van der Waals surface area contributed by atoms with Crippen LogP contribution >= 0.6 is 23.5 Å². The molecule has 2 atom stereocenters. The van der Waals surface area contributed by atoms with Gasteiger partial charge < -0.3 is 0 Å². The molecule has 162 valence electrons. The topological polar surface area (TPSA) is 34.1 Å². The third-order valence-corrected chi connectivity index (χ3v) is 7.44. The highest BCUT2D eigenvalue weighted by atomic mass is 32.2. The fraction of sp³-hybridized carbons (Fsp3) is 0.462. The molecule has 0 saturated heterocycles. The molecule has 0 bridgehead atoms. The van der Waals surface area contributed by atoms with Gasteiger partial charge in [-0.25, -0.2) is 0 Å². The van der Waals surface area contributed by atoms with Crippen LogP contribution in [0.25, 0.3) is 0 Å². The fourth-order valence-corrected chi connectivity index (χ4v) is 5.59. The molecular weight excluding hydrogens is 408 g/mol. The molecule has 2 aromatic carbocycles. The van der Waals surface area contributed by atoms with Gasteiger partial charge in [0.05, 0.1) is 0 Å². The Bertz CT molecular complexity index is 797. The largest absolute Gasteiger partial charge is 0.282 e. The number of carbonyl (C=O) groups is 2. The van der Waals surface area contributed by atoms with Crippen molar-refractivity contribution in [2.45, 2.75) is 76.7 Å². The zero-order valence-corrected chi connectivity index (χ0v) is 20.3. The average Bonchev–Trinajstić information content (AvgIpc) is 2.74. The standard InChI is InChI=1S/C26H34O2S2/c1-5-8-20-10-14-22(15-11-20)25(27)29-19(4)18-24(7-3)30-26(28)23-16-12-21(9-6-2)13-17-23/h10-17,19,24H,5-9,18H2,1-4H3. The molecule has 0 aliphatic heterocycles. The highest BCUT2D eigenvalue weighted by Crippen LogP contribution is 2.29. The van der Waals surface area contributed by atoms with Crippen molar-refractivity contribution in [2.24, 2.45) is 0 Å². The Labute approximate surface area is 190 Å². The van der Waals surface area contributed by atoms with Crippen LogP contribution in [-0.2, 0) is 12.8 Å². The van der Waals surface area contributed by atoms with Crippen molar-refractivity contribution in [1.29, 1.82) is 0 Å². The lowest BCUT2D eigenvalue weighted by atomic mass is 10.1. The van der Waals surface area contributed by atoms with Crippen molar-refractivity contribution in [3.8, 4) is 0 Å². The number of rotatable bonds is 11. The Morgan fingerprint density at radius 2 is 1.17 bits per heavy atom. The molecule has 0 amide bonds. The summed E-state index contributed by atoms with van der Waals surface area (Å²) in [5.41, 5.74) is 4.07. The smallest absolute Gasteiger partial charge is 0.219 e. The zero-order chi connectivity index (χ0) is 21.9. The van der Waals surface area contributed by atoms with E-state index in [4.69, 9.17) is 0 Å². The first-order chi connectivity index (χ1) is 14.5. The summed E-state index contributed by atoms with van der Waals surface area (Å²) in [4.78, 5) is 25.3. The van der Waals surface area contributed by atoms with Crippen molar-refractivity contribution in [3.05, 3.63) is 70.8 Å². The van der Waals surface area contributed by atoms with Crippen LogP contribution in [0.3, 0.4) is 0 Å². The molecule has 2 aromatic rings. The second-order valence-electron chi connectivity index (χ2n) is 7.78. The van der Waals surface area contributed by atoms with Crippen molar-refractivity contribution >= 4 is 33.8 Å². The number of aryl methyl sites for hydroxylation is 2.